The summed E-state index contributed by atoms with van der Waals surface area (Å²) in [5.74, 6) is 2.62. The van der Waals surface area contributed by atoms with Gasteiger partial charge in [0.1, 0.15) is 18.0 Å². The van der Waals surface area contributed by atoms with Crippen molar-refractivity contribution in [2.24, 2.45) is 0 Å². The van der Waals surface area contributed by atoms with E-state index in [1.165, 1.54) is 12.8 Å². The van der Waals surface area contributed by atoms with E-state index in [0.717, 1.165) is 30.5 Å². The smallest absolute Gasteiger partial charge is 0.133 e. The predicted octanol–water partition coefficient (Wildman–Crippen LogP) is 2.05. The molecule has 0 fully saturated rings. The summed E-state index contributed by atoms with van der Waals surface area (Å²) in [6.45, 7) is 4.03. The van der Waals surface area contributed by atoms with Crippen LogP contribution in [0.25, 0.3) is 0 Å². The number of anilines is 2. The number of nitrogens with zero attached hydrogens (tertiary/aromatic N) is 3. The van der Waals surface area contributed by atoms with Crippen LogP contribution in [-0.2, 0) is 0 Å². The number of unbranched alkanes of at least 4 members (excludes halogenated alkanes) is 1. The first-order chi connectivity index (χ1) is 7.77. The van der Waals surface area contributed by atoms with Crippen LogP contribution in [0.2, 0.25) is 0 Å². The molecular formula is C11H20N4S. The molecule has 0 aliphatic rings. The summed E-state index contributed by atoms with van der Waals surface area (Å²) in [6.07, 6.45) is 3.97. The highest BCUT2D eigenvalue weighted by molar-refractivity contribution is 7.80. The molecule has 1 rings (SSSR count). The van der Waals surface area contributed by atoms with E-state index in [1.807, 2.05) is 6.07 Å². The Morgan fingerprint density at radius 2 is 2.25 bits per heavy atom. The molecule has 0 aliphatic carbocycles. The summed E-state index contributed by atoms with van der Waals surface area (Å²) in [5, 5.41) is 3.19. The monoisotopic (exact) mass is 240 g/mol. The molecule has 0 bridgehead atoms. The average Bonchev–Trinajstić information content (AvgIpc) is 2.33. The van der Waals surface area contributed by atoms with Crippen molar-refractivity contribution in [3.8, 4) is 0 Å². The quantitative estimate of drug-likeness (QED) is 0.716. The van der Waals surface area contributed by atoms with Gasteiger partial charge >= 0.3 is 0 Å². The van der Waals surface area contributed by atoms with Crippen LogP contribution in [0.4, 0.5) is 11.6 Å². The van der Waals surface area contributed by atoms with Crippen LogP contribution < -0.4 is 10.2 Å². The number of nitrogens with one attached hydrogen (secondary N) is 1. The zero-order valence-electron chi connectivity index (χ0n) is 9.98. The number of hydrogen-bond donors (Lipinski definition) is 2. The van der Waals surface area contributed by atoms with Gasteiger partial charge < -0.3 is 10.2 Å². The van der Waals surface area contributed by atoms with E-state index in [-0.39, 0.29) is 0 Å². The Morgan fingerprint density at radius 1 is 1.44 bits per heavy atom. The second-order valence-electron chi connectivity index (χ2n) is 3.69. The topological polar surface area (TPSA) is 41.0 Å². The minimum absolute atomic E-state index is 0.797. The first-order valence-corrected chi connectivity index (χ1v) is 6.29. The van der Waals surface area contributed by atoms with E-state index in [9.17, 15) is 0 Å². The van der Waals surface area contributed by atoms with Gasteiger partial charge in [-0.2, -0.15) is 12.6 Å². The van der Waals surface area contributed by atoms with Crippen molar-refractivity contribution in [2.45, 2.75) is 19.8 Å². The van der Waals surface area contributed by atoms with Gasteiger partial charge in [-0.15, -0.1) is 0 Å². The molecule has 1 aromatic rings. The molecule has 90 valence electrons. The summed E-state index contributed by atoms with van der Waals surface area (Å²) in [4.78, 5) is 10.6. The molecule has 1 heterocycles. The third-order valence-corrected chi connectivity index (χ3v) is 2.53. The van der Waals surface area contributed by atoms with E-state index in [2.05, 4.69) is 46.8 Å². The highest BCUT2D eigenvalue weighted by atomic mass is 32.1. The Kier molecular flexibility index (Phi) is 6.00. The molecule has 4 nitrogen and oxygen atoms in total. The number of thiol groups is 1. The van der Waals surface area contributed by atoms with Crippen molar-refractivity contribution >= 4 is 24.3 Å². The van der Waals surface area contributed by atoms with Crippen molar-refractivity contribution in [3.05, 3.63) is 12.4 Å². The average molecular weight is 240 g/mol. The first kappa shape index (κ1) is 13.1. The normalized spacial score (nSPS) is 10.2. The Balaban J connectivity index is 2.58. The fourth-order valence-electron chi connectivity index (χ4n) is 1.35. The maximum Gasteiger partial charge on any atom is 0.133 e. The number of rotatable bonds is 7. The second kappa shape index (κ2) is 7.33. The number of hydrogen-bond acceptors (Lipinski definition) is 5. The lowest BCUT2D eigenvalue weighted by Crippen LogP contribution is -2.20. The SMILES string of the molecule is CCCCN(C)c1cc(NCCS)ncn1. The van der Waals surface area contributed by atoms with Crippen molar-refractivity contribution in [3.63, 3.8) is 0 Å². The van der Waals surface area contributed by atoms with Crippen LogP contribution >= 0.6 is 12.6 Å². The van der Waals surface area contributed by atoms with E-state index in [1.54, 1.807) is 6.33 Å². The molecule has 5 heteroatoms. The van der Waals surface area contributed by atoms with Crippen LogP contribution in [0.1, 0.15) is 19.8 Å². The third kappa shape index (κ3) is 4.26. The number of aromatic nitrogens is 2. The van der Waals surface area contributed by atoms with Crippen LogP contribution in [0.15, 0.2) is 12.4 Å². The van der Waals surface area contributed by atoms with Gasteiger partial charge in [0, 0.05) is 32.0 Å². The van der Waals surface area contributed by atoms with E-state index >= 15 is 0 Å². The lowest BCUT2D eigenvalue weighted by Gasteiger charge is -2.18. The van der Waals surface area contributed by atoms with Gasteiger partial charge in [-0.1, -0.05) is 13.3 Å². The molecule has 1 aromatic heterocycles. The Bertz CT molecular complexity index is 306. The Morgan fingerprint density at radius 3 is 2.94 bits per heavy atom. The summed E-state index contributed by atoms with van der Waals surface area (Å²) in [6, 6.07) is 1.97. The maximum absolute atomic E-state index is 4.26. The first-order valence-electron chi connectivity index (χ1n) is 5.65. The van der Waals surface area contributed by atoms with Crippen molar-refractivity contribution in [1.82, 2.24) is 9.97 Å². The van der Waals surface area contributed by atoms with Crippen molar-refractivity contribution < 1.29 is 0 Å². The van der Waals surface area contributed by atoms with Crippen LogP contribution in [0.3, 0.4) is 0 Å². The standard InChI is InChI=1S/C11H20N4S/c1-3-4-6-15(2)11-8-10(12-5-7-16)13-9-14-11/h8-9,16H,3-7H2,1-2H3,(H,12,13,14). The van der Waals surface area contributed by atoms with Gasteiger partial charge in [0.15, 0.2) is 0 Å². The summed E-state index contributed by atoms with van der Waals surface area (Å²) in [5.41, 5.74) is 0. The minimum Gasteiger partial charge on any atom is -0.369 e. The molecule has 0 amide bonds. The Hall–Kier alpha value is -0.970. The molecule has 0 saturated carbocycles. The summed E-state index contributed by atoms with van der Waals surface area (Å²) >= 11 is 4.15. The Labute approximate surface area is 103 Å². The van der Waals surface area contributed by atoms with Gasteiger partial charge in [-0.25, -0.2) is 9.97 Å². The van der Waals surface area contributed by atoms with Crippen molar-refractivity contribution in [1.29, 1.82) is 0 Å². The second-order valence-corrected chi connectivity index (χ2v) is 4.13. The van der Waals surface area contributed by atoms with Crippen LogP contribution in [0.5, 0.6) is 0 Å². The highest BCUT2D eigenvalue weighted by Crippen LogP contribution is 2.12. The van der Waals surface area contributed by atoms with Gasteiger partial charge in [-0.05, 0) is 6.42 Å². The van der Waals surface area contributed by atoms with Gasteiger partial charge in [0.2, 0.25) is 0 Å². The fourth-order valence-corrected chi connectivity index (χ4v) is 1.46. The molecule has 0 unspecified atom stereocenters. The molecule has 0 radical (unpaired) electrons. The molecular weight excluding hydrogens is 220 g/mol. The van der Waals surface area contributed by atoms with Gasteiger partial charge in [-0.3, -0.25) is 0 Å². The van der Waals surface area contributed by atoms with Gasteiger partial charge in [0.05, 0.1) is 0 Å². The largest absolute Gasteiger partial charge is 0.369 e. The molecule has 0 aliphatic heterocycles. The zero-order chi connectivity index (χ0) is 11.8. The molecule has 0 atom stereocenters. The zero-order valence-corrected chi connectivity index (χ0v) is 10.9. The van der Waals surface area contributed by atoms with Crippen molar-refractivity contribution in [2.75, 3.05) is 36.1 Å². The lowest BCUT2D eigenvalue weighted by molar-refractivity contribution is 0.758. The third-order valence-electron chi connectivity index (χ3n) is 2.31. The molecule has 0 saturated heterocycles. The fraction of sp³-hybridized carbons (Fsp3) is 0.636. The molecule has 0 aromatic carbocycles. The summed E-state index contributed by atoms with van der Waals surface area (Å²) in [7, 11) is 2.06. The van der Waals surface area contributed by atoms with E-state index in [0.29, 0.717) is 0 Å². The van der Waals surface area contributed by atoms with Crippen LogP contribution in [-0.4, -0.2) is 35.9 Å². The van der Waals surface area contributed by atoms with E-state index < -0.39 is 0 Å². The predicted molar refractivity (Wildman–Crippen MR) is 72.6 cm³/mol. The minimum atomic E-state index is 0.797. The maximum atomic E-state index is 4.26. The van der Waals surface area contributed by atoms with E-state index in [4.69, 9.17) is 0 Å². The lowest BCUT2D eigenvalue weighted by atomic mass is 10.3. The van der Waals surface area contributed by atoms with Crippen LogP contribution in [0, 0.1) is 0 Å². The molecule has 16 heavy (non-hydrogen) atoms. The molecule has 0 spiro atoms. The highest BCUT2D eigenvalue weighted by Gasteiger charge is 2.03. The summed E-state index contributed by atoms with van der Waals surface area (Å²) < 4.78 is 0. The molecule has 1 N–H and O–H groups in total. The van der Waals surface area contributed by atoms with Gasteiger partial charge in [0.25, 0.3) is 0 Å².